The van der Waals surface area contributed by atoms with Crippen molar-refractivity contribution < 1.29 is 4.74 Å². The van der Waals surface area contributed by atoms with Gasteiger partial charge in [0.05, 0.1) is 5.41 Å². The summed E-state index contributed by atoms with van der Waals surface area (Å²) in [5.74, 6) is 1.81. The number of hydrogen-bond donors (Lipinski definition) is 0. The number of ether oxygens (including phenoxy) is 1. The molecule has 1 spiro atoms. The highest BCUT2D eigenvalue weighted by Gasteiger charge is 2.52. The molecule has 0 fully saturated rings. The number of benzene rings is 9. The molecule has 56 heavy (non-hydrogen) atoms. The molecule has 260 valence electrons. The van der Waals surface area contributed by atoms with Crippen molar-refractivity contribution in [3.8, 4) is 67.1 Å². The van der Waals surface area contributed by atoms with E-state index in [4.69, 9.17) is 4.74 Å². The predicted octanol–water partition coefficient (Wildman–Crippen LogP) is 15.0. The fourth-order valence-corrected chi connectivity index (χ4v) is 11.8. The number of hydrogen-bond acceptors (Lipinski definition) is 2. The zero-order valence-electron chi connectivity index (χ0n) is 30.6. The Balaban J connectivity index is 1.03. The van der Waals surface area contributed by atoms with Crippen molar-refractivity contribution >= 4 is 42.3 Å². The summed E-state index contributed by atoms with van der Waals surface area (Å²) in [7, 11) is 0. The van der Waals surface area contributed by atoms with Crippen LogP contribution < -0.4 is 4.74 Å². The molecule has 0 unspecified atom stereocenters. The molecule has 1 aromatic heterocycles. The number of rotatable bonds is 2. The highest BCUT2D eigenvalue weighted by atomic mass is 32.1. The third-order valence-corrected chi connectivity index (χ3v) is 14.0. The Kier molecular flexibility index (Phi) is 5.97. The minimum atomic E-state index is -0.380. The summed E-state index contributed by atoms with van der Waals surface area (Å²) in [6.45, 7) is 2.22. The molecule has 1 aliphatic heterocycles. The van der Waals surface area contributed by atoms with Crippen LogP contribution in [0.2, 0.25) is 0 Å². The summed E-state index contributed by atoms with van der Waals surface area (Å²) < 4.78 is 9.43. The highest BCUT2D eigenvalue weighted by Crippen LogP contribution is 2.64. The lowest BCUT2D eigenvalue weighted by molar-refractivity contribution is 0.487. The molecule has 0 saturated carbocycles. The molecule has 2 heterocycles. The average Bonchev–Trinajstić information content (AvgIpc) is 3.88. The first-order valence-corrected chi connectivity index (χ1v) is 20.2. The van der Waals surface area contributed by atoms with Gasteiger partial charge in [0.25, 0.3) is 0 Å². The van der Waals surface area contributed by atoms with E-state index in [-0.39, 0.29) is 5.41 Å². The van der Waals surface area contributed by atoms with Gasteiger partial charge in [-0.05, 0) is 109 Å². The number of thiophene rings is 1. The largest absolute Gasteiger partial charge is 0.456 e. The van der Waals surface area contributed by atoms with Crippen molar-refractivity contribution in [3.63, 3.8) is 0 Å². The molecule has 0 atom stereocenters. The SMILES string of the molecule is Cc1ccc2c(c1)C1(c3ccccc3-c3ccccc31)c1cccc(-c3ccc4c(c3)-c3cccc5c(-c6cccc7c6sc6ccccc67)ccc(c35)O4)c1-2. The zero-order valence-corrected chi connectivity index (χ0v) is 31.4. The van der Waals surface area contributed by atoms with Crippen LogP contribution in [0.5, 0.6) is 11.5 Å². The molecule has 13 rings (SSSR count). The molecule has 0 N–H and O–H groups in total. The van der Waals surface area contributed by atoms with Crippen molar-refractivity contribution in [2.45, 2.75) is 12.3 Å². The maximum atomic E-state index is 6.79. The fourth-order valence-electron chi connectivity index (χ4n) is 10.5. The maximum absolute atomic E-state index is 6.79. The Morgan fingerprint density at radius 3 is 1.91 bits per heavy atom. The van der Waals surface area contributed by atoms with Gasteiger partial charge < -0.3 is 4.74 Å². The van der Waals surface area contributed by atoms with Gasteiger partial charge >= 0.3 is 0 Å². The summed E-state index contributed by atoms with van der Waals surface area (Å²) in [4.78, 5) is 0. The van der Waals surface area contributed by atoms with Gasteiger partial charge in [-0.3, -0.25) is 0 Å². The topological polar surface area (TPSA) is 9.23 Å². The predicted molar refractivity (Wildman–Crippen MR) is 234 cm³/mol. The van der Waals surface area contributed by atoms with E-state index in [1.807, 2.05) is 11.3 Å². The van der Waals surface area contributed by atoms with E-state index in [0.29, 0.717) is 0 Å². The number of aryl methyl sites for hydroxylation is 1. The lowest BCUT2D eigenvalue weighted by Crippen LogP contribution is -2.25. The number of fused-ring (bicyclic) bond motifs is 15. The second-order valence-electron chi connectivity index (χ2n) is 15.6. The van der Waals surface area contributed by atoms with E-state index < -0.39 is 0 Å². The normalized spacial score (nSPS) is 13.7. The van der Waals surface area contributed by atoms with Crippen molar-refractivity contribution in [2.24, 2.45) is 0 Å². The van der Waals surface area contributed by atoms with Gasteiger partial charge in [-0.25, -0.2) is 0 Å². The molecule has 0 amide bonds. The van der Waals surface area contributed by atoms with E-state index in [9.17, 15) is 0 Å². The molecular weight excluding hydrogens is 697 g/mol. The van der Waals surface area contributed by atoms with E-state index in [2.05, 4.69) is 183 Å². The lowest BCUT2D eigenvalue weighted by atomic mass is 9.70. The van der Waals surface area contributed by atoms with E-state index in [0.717, 1.165) is 17.1 Å². The van der Waals surface area contributed by atoms with Gasteiger partial charge in [0.2, 0.25) is 0 Å². The van der Waals surface area contributed by atoms with E-state index in [1.165, 1.54) is 109 Å². The summed E-state index contributed by atoms with van der Waals surface area (Å²) in [6, 6.07) is 65.6. The molecular formula is C54H32OS. The van der Waals surface area contributed by atoms with Gasteiger partial charge in [0.1, 0.15) is 11.5 Å². The highest BCUT2D eigenvalue weighted by molar-refractivity contribution is 7.26. The zero-order chi connectivity index (χ0) is 36.7. The lowest BCUT2D eigenvalue weighted by Gasteiger charge is -2.30. The standard InChI is InChI=1S/C54H32OS/c1-31-23-25-42-47(29-31)54(44-19-5-2-11-35(44)36-12-3-6-20-45(36)54)46-21-10-14-33(51(42)46)32-24-27-48-43(30-32)39-16-8-15-38-34(26-28-49(55-48)52(38)39)40-17-9-18-41-37-13-4-7-22-50(37)56-53(40)41/h2-30H,1H3. The first-order chi connectivity index (χ1) is 27.7. The fraction of sp³-hybridized carbons (Fsp3) is 0.0370. The summed E-state index contributed by atoms with van der Waals surface area (Å²) in [6.07, 6.45) is 0. The van der Waals surface area contributed by atoms with Crippen molar-refractivity contribution in [2.75, 3.05) is 0 Å². The minimum Gasteiger partial charge on any atom is -0.456 e. The minimum absolute atomic E-state index is 0.380. The quantitative estimate of drug-likeness (QED) is 0.172. The van der Waals surface area contributed by atoms with Crippen LogP contribution in [0.1, 0.15) is 27.8 Å². The second-order valence-corrected chi connectivity index (χ2v) is 16.6. The summed E-state index contributed by atoms with van der Waals surface area (Å²) in [5, 5.41) is 5.02. The average molecular weight is 729 g/mol. The summed E-state index contributed by atoms with van der Waals surface area (Å²) in [5.41, 5.74) is 18.9. The molecule has 3 aliphatic rings. The third kappa shape index (κ3) is 3.79. The van der Waals surface area contributed by atoms with Crippen molar-refractivity contribution in [3.05, 3.63) is 204 Å². The monoisotopic (exact) mass is 728 g/mol. The Bertz CT molecular complexity index is 3320. The van der Waals surface area contributed by atoms with Crippen LogP contribution in [0.4, 0.5) is 0 Å². The molecule has 0 radical (unpaired) electrons. The van der Waals surface area contributed by atoms with Gasteiger partial charge in [0.15, 0.2) is 0 Å². The maximum Gasteiger partial charge on any atom is 0.135 e. The molecule has 10 aromatic rings. The molecule has 0 bridgehead atoms. The second kappa shape index (κ2) is 10.9. The van der Waals surface area contributed by atoms with E-state index in [1.54, 1.807) is 0 Å². The van der Waals surface area contributed by atoms with Crippen LogP contribution in [0, 0.1) is 6.92 Å². The van der Waals surface area contributed by atoms with Gasteiger partial charge in [0, 0.05) is 36.7 Å². The first-order valence-electron chi connectivity index (χ1n) is 19.4. The molecule has 2 heteroatoms. The van der Waals surface area contributed by atoms with Crippen LogP contribution in [-0.2, 0) is 5.41 Å². The Morgan fingerprint density at radius 1 is 0.411 bits per heavy atom. The molecule has 1 nitrogen and oxygen atoms in total. The Hall–Kier alpha value is -6.74. The molecule has 9 aromatic carbocycles. The van der Waals surface area contributed by atoms with Gasteiger partial charge in [-0.2, -0.15) is 0 Å². The first kappa shape index (κ1) is 30.6. The summed E-state index contributed by atoms with van der Waals surface area (Å²) >= 11 is 1.88. The molecule has 2 aliphatic carbocycles. The van der Waals surface area contributed by atoms with Crippen molar-refractivity contribution in [1.82, 2.24) is 0 Å². The molecule has 0 saturated heterocycles. The van der Waals surface area contributed by atoms with E-state index >= 15 is 0 Å². The third-order valence-electron chi connectivity index (χ3n) is 12.8. The van der Waals surface area contributed by atoms with Crippen LogP contribution in [0.15, 0.2) is 176 Å². The van der Waals surface area contributed by atoms with Gasteiger partial charge in [-0.1, -0.05) is 151 Å². The van der Waals surface area contributed by atoms with Crippen molar-refractivity contribution in [1.29, 1.82) is 0 Å². The Morgan fingerprint density at radius 2 is 1.05 bits per heavy atom. The van der Waals surface area contributed by atoms with Crippen LogP contribution in [0.3, 0.4) is 0 Å². The Labute approximate surface area is 328 Å². The van der Waals surface area contributed by atoms with Crippen LogP contribution in [-0.4, -0.2) is 0 Å². The smallest absolute Gasteiger partial charge is 0.135 e. The van der Waals surface area contributed by atoms with Crippen LogP contribution in [0.25, 0.3) is 86.6 Å². The van der Waals surface area contributed by atoms with Crippen LogP contribution >= 0.6 is 11.3 Å². The van der Waals surface area contributed by atoms with Gasteiger partial charge in [-0.15, -0.1) is 11.3 Å².